The van der Waals surface area contributed by atoms with Crippen molar-refractivity contribution in [1.82, 2.24) is 34.2 Å². The molecule has 6 rings (SSSR count). The molecule has 10 heteroatoms. The van der Waals surface area contributed by atoms with E-state index >= 15 is 0 Å². The van der Waals surface area contributed by atoms with Crippen LogP contribution in [-0.4, -0.2) is 82.0 Å². The van der Waals surface area contributed by atoms with Crippen LogP contribution >= 0.6 is 0 Å². The highest BCUT2D eigenvalue weighted by atomic mass is 16.5. The third kappa shape index (κ3) is 4.51. The zero-order chi connectivity index (χ0) is 26.1. The van der Waals surface area contributed by atoms with Crippen molar-refractivity contribution in [3.8, 4) is 22.8 Å². The van der Waals surface area contributed by atoms with E-state index in [1.807, 2.05) is 69.2 Å². The fraction of sp³-hybridized carbons (Fsp3) is 0.357. The summed E-state index contributed by atoms with van der Waals surface area (Å²) in [5, 5.41) is 5.77. The highest BCUT2D eigenvalue weighted by molar-refractivity contribution is 5.98. The number of nitrogen functional groups attached to an aromatic ring is 1. The van der Waals surface area contributed by atoms with Gasteiger partial charge in [0.15, 0.2) is 0 Å². The number of likely N-dealkylation sites (tertiary alicyclic amines) is 1. The van der Waals surface area contributed by atoms with E-state index in [9.17, 15) is 4.79 Å². The molecular weight excluding hydrogens is 480 g/mol. The molecule has 2 fully saturated rings. The Morgan fingerprint density at radius 3 is 2.24 bits per heavy atom. The molecule has 0 spiro atoms. The van der Waals surface area contributed by atoms with Crippen molar-refractivity contribution in [2.24, 2.45) is 0 Å². The summed E-state index contributed by atoms with van der Waals surface area (Å²) in [4.78, 5) is 27.8. The van der Waals surface area contributed by atoms with E-state index in [2.05, 4.69) is 17.0 Å². The third-order valence-electron chi connectivity index (χ3n) is 7.64. The Balaban J connectivity index is 1.27. The van der Waals surface area contributed by atoms with E-state index in [0.717, 1.165) is 67.2 Å². The third-order valence-corrected chi connectivity index (χ3v) is 7.64. The Bertz CT molecular complexity index is 1420. The number of nitrogens with two attached hydrogens (primary N) is 1. The number of aromatic nitrogens is 4. The van der Waals surface area contributed by atoms with Crippen LogP contribution in [0.5, 0.6) is 11.5 Å². The van der Waals surface area contributed by atoms with Crippen LogP contribution in [0.3, 0.4) is 0 Å². The monoisotopic (exact) mass is 513 g/mol. The van der Waals surface area contributed by atoms with Crippen molar-refractivity contribution in [2.45, 2.75) is 19.3 Å². The fourth-order valence-electron chi connectivity index (χ4n) is 5.37. The van der Waals surface area contributed by atoms with Crippen LogP contribution in [-0.2, 0) is 0 Å². The number of hydrogen-bond acceptors (Lipinski definition) is 6. The molecule has 2 N–H and O–H groups in total. The highest BCUT2D eigenvalue weighted by Gasteiger charge is 2.37. The maximum absolute atomic E-state index is 13.1. The number of benzene rings is 2. The molecule has 0 saturated carbocycles. The molecule has 196 valence electrons. The first-order valence-corrected chi connectivity index (χ1v) is 13.2. The van der Waals surface area contributed by atoms with Gasteiger partial charge in [-0.1, -0.05) is 23.0 Å². The summed E-state index contributed by atoms with van der Waals surface area (Å²) in [6.45, 7) is 4.50. The topological polar surface area (TPSA) is 102 Å². The van der Waals surface area contributed by atoms with Crippen LogP contribution in [0.2, 0.25) is 0 Å². The Morgan fingerprint density at radius 1 is 0.868 bits per heavy atom. The number of piperazine rings is 1. The first-order chi connectivity index (χ1) is 18.5. The first-order valence-electron chi connectivity index (χ1n) is 13.2. The van der Waals surface area contributed by atoms with Crippen molar-refractivity contribution in [2.75, 3.05) is 52.0 Å². The molecule has 0 unspecified atom stereocenters. The minimum absolute atomic E-state index is 0.159. The second kappa shape index (κ2) is 9.94. The van der Waals surface area contributed by atoms with E-state index in [1.54, 1.807) is 0 Å². The van der Waals surface area contributed by atoms with Crippen LogP contribution in [0.15, 0.2) is 60.9 Å². The van der Waals surface area contributed by atoms with E-state index in [0.29, 0.717) is 29.1 Å². The van der Waals surface area contributed by atoms with Gasteiger partial charge in [-0.05, 0) is 55.7 Å². The lowest BCUT2D eigenvalue weighted by molar-refractivity contribution is 0.0632. The number of carbonyl (C=O) groups is 1. The van der Waals surface area contributed by atoms with Crippen molar-refractivity contribution in [3.05, 3.63) is 60.9 Å². The lowest BCUT2D eigenvalue weighted by atomic mass is 10.1. The average Bonchev–Trinajstić information content (AvgIpc) is 3.37. The molecule has 10 nitrogen and oxygen atoms in total. The highest BCUT2D eigenvalue weighted by Crippen LogP contribution is 2.33. The van der Waals surface area contributed by atoms with Crippen molar-refractivity contribution in [1.29, 1.82) is 0 Å². The van der Waals surface area contributed by atoms with Gasteiger partial charge in [0, 0.05) is 18.7 Å². The van der Waals surface area contributed by atoms with Crippen LogP contribution in [0.4, 0.5) is 10.6 Å². The van der Waals surface area contributed by atoms with Gasteiger partial charge in [-0.2, -0.15) is 4.59 Å². The number of amides is 2. The SMILES string of the molecule is C[N+]1(n2nc(-c3ccc(Oc4ccccc4)cc3)c3c(N)ncnc32)CCN(C(=O)N2CCCCC2)CC1. The van der Waals surface area contributed by atoms with Crippen LogP contribution in [0, 0.1) is 0 Å². The van der Waals surface area contributed by atoms with E-state index in [1.165, 1.54) is 12.7 Å². The van der Waals surface area contributed by atoms with Gasteiger partial charge in [0.25, 0.3) is 0 Å². The van der Waals surface area contributed by atoms with E-state index in [-0.39, 0.29) is 6.03 Å². The number of nitrogens with zero attached hydrogens (tertiary/aromatic N) is 7. The summed E-state index contributed by atoms with van der Waals surface area (Å²) in [6, 6.07) is 17.7. The van der Waals surface area contributed by atoms with Gasteiger partial charge < -0.3 is 20.3 Å². The minimum atomic E-state index is 0.159. The quantitative estimate of drug-likeness (QED) is 0.416. The van der Waals surface area contributed by atoms with Gasteiger partial charge in [-0.15, -0.1) is 5.10 Å². The van der Waals surface area contributed by atoms with Crippen molar-refractivity contribution < 1.29 is 9.53 Å². The molecular formula is C28H33N8O2+. The molecule has 4 heterocycles. The lowest BCUT2D eigenvalue weighted by Crippen LogP contribution is -2.66. The summed E-state index contributed by atoms with van der Waals surface area (Å²) in [7, 11) is 2.13. The average molecular weight is 514 g/mol. The van der Waals surface area contributed by atoms with Crippen LogP contribution in [0.1, 0.15) is 19.3 Å². The number of ether oxygens (including phenoxy) is 1. The van der Waals surface area contributed by atoms with E-state index < -0.39 is 0 Å². The number of urea groups is 1. The maximum atomic E-state index is 13.1. The molecule has 38 heavy (non-hydrogen) atoms. The molecule has 0 atom stereocenters. The normalized spacial score (nSPS) is 17.5. The molecule has 0 aliphatic carbocycles. The first kappa shape index (κ1) is 24.2. The maximum Gasteiger partial charge on any atom is 0.320 e. The van der Waals surface area contributed by atoms with Crippen molar-refractivity contribution in [3.63, 3.8) is 0 Å². The molecule has 2 amide bonds. The number of piperidine rings is 1. The number of fused-ring (bicyclic) bond motifs is 1. The van der Waals surface area contributed by atoms with E-state index in [4.69, 9.17) is 15.6 Å². The molecule has 2 aliphatic rings. The number of rotatable bonds is 4. The van der Waals surface area contributed by atoms with Crippen LogP contribution < -0.4 is 15.1 Å². The number of carbonyl (C=O) groups excluding carboxylic acids is 1. The Hall–Kier alpha value is -4.18. The molecule has 2 aromatic carbocycles. The Morgan fingerprint density at radius 2 is 1.53 bits per heavy atom. The van der Waals surface area contributed by atoms with Gasteiger partial charge in [0.2, 0.25) is 5.65 Å². The van der Waals surface area contributed by atoms with Gasteiger partial charge in [0.1, 0.15) is 42.4 Å². The Labute approximate surface area is 221 Å². The Kier molecular flexibility index (Phi) is 6.32. The predicted molar refractivity (Wildman–Crippen MR) is 147 cm³/mol. The molecule has 4 aromatic rings. The summed E-state index contributed by atoms with van der Waals surface area (Å²) in [6.07, 6.45) is 4.88. The predicted octanol–water partition coefficient (Wildman–Crippen LogP) is 3.86. The van der Waals surface area contributed by atoms with Gasteiger partial charge in [-0.25, -0.2) is 14.8 Å². The number of anilines is 1. The number of likely N-dealkylation sites (N-methyl/N-ethyl adjacent to an activating group) is 1. The fourth-order valence-corrected chi connectivity index (χ4v) is 5.37. The lowest BCUT2D eigenvalue weighted by Gasteiger charge is -2.42. The zero-order valence-electron chi connectivity index (χ0n) is 21.7. The number of para-hydroxylation sites is 1. The number of hydrogen-bond donors (Lipinski definition) is 1. The smallest absolute Gasteiger partial charge is 0.320 e. The zero-order valence-corrected chi connectivity index (χ0v) is 21.7. The second-order valence-electron chi connectivity index (χ2n) is 10.2. The number of quaternary nitrogens is 1. The minimum Gasteiger partial charge on any atom is -0.457 e. The summed E-state index contributed by atoms with van der Waals surface area (Å²) in [5.41, 5.74) is 8.69. The molecule has 0 bridgehead atoms. The standard InChI is InChI=1S/C28H33N8O2/c1-36(18-16-34(17-19-36)28(37)33-14-6-3-7-15-33)35-27-24(26(29)30-20-31-27)25(32-35)21-10-12-23(13-11-21)38-22-8-4-2-5-9-22/h2,4-5,8-13,20H,3,6-7,14-19H2,1H3,(H2,29,30,31)/q+1. The van der Waals surface area contributed by atoms with Gasteiger partial charge in [-0.3, -0.25) is 0 Å². The molecule has 2 saturated heterocycles. The summed E-state index contributed by atoms with van der Waals surface area (Å²) >= 11 is 0. The van der Waals surface area contributed by atoms with Gasteiger partial charge >= 0.3 is 6.03 Å². The second-order valence-corrected chi connectivity index (χ2v) is 10.2. The molecule has 2 aromatic heterocycles. The molecule has 0 radical (unpaired) electrons. The van der Waals surface area contributed by atoms with Gasteiger partial charge in [0.05, 0.1) is 25.5 Å². The molecule has 2 aliphatic heterocycles. The summed E-state index contributed by atoms with van der Waals surface area (Å²) < 4.78 is 6.46. The largest absolute Gasteiger partial charge is 0.457 e. The summed E-state index contributed by atoms with van der Waals surface area (Å²) in [5.74, 6) is 1.91. The van der Waals surface area contributed by atoms with Crippen LogP contribution in [0.25, 0.3) is 22.3 Å². The van der Waals surface area contributed by atoms with Crippen molar-refractivity contribution >= 4 is 22.9 Å².